The van der Waals surface area contributed by atoms with Crippen LogP contribution in [-0.4, -0.2) is 37.0 Å². The number of ether oxygens (including phenoxy) is 1. The van der Waals surface area contributed by atoms with Crippen molar-refractivity contribution in [2.24, 2.45) is 23.7 Å². The van der Waals surface area contributed by atoms with Gasteiger partial charge in [-0.25, -0.2) is 0 Å². The molecule has 4 unspecified atom stereocenters. The molecule has 0 aromatic heterocycles. The minimum absolute atomic E-state index is 0.143. The van der Waals surface area contributed by atoms with Crippen molar-refractivity contribution < 1.29 is 14.3 Å². The maximum absolute atomic E-state index is 12.4. The molecular formula is C14H23NO3. The van der Waals surface area contributed by atoms with Gasteiger partial charge in [0, 0.05) is 19.0 Å². The predicted molar refractivity (Wildman–Crippen MR) is 67.8 cm³/mol. The fourth-order valence-electron chi connectivity index (χ4n) is 3.35. The Balaban J connectivity index is 1.99. The summed E-state index contributed by atoms with van der Waals surface area (Å²) in [6, 6.07) is 0. The third kappa shape index (κ3) is 2.38. The standard InChI is InChI=1S/C14H23NO3/c1-9-5-4-6-11(9)13(16)15-7-10(2)12(8-15)14(17)18-3/h9-12H,4-8H2,1-3H3. The fraction of sp³-hybridized carbons (Fsp3) is 0.857. The van der Waals surface area contributed by atoms with Gasteiger partial charge in [0.15, 0.2) is 0 Å². The van der Waals surface area contributed by atoms with Gasteiger partial charge in [0.2, 0.25) is 5.91 Å². The van der Waals surface area contributed by atoms with E-state index in [-0.39, 0.29) is 29.6 Å². The first-order chi connectivity index (χ1) is 8.54. The van der Waals surface area contributed by atoms with Crippen LogP contribution in [0, 0.1) is 23.7 Å². The Labute approximate surface area is 109 Å². The summed E-state index contributed by atoms with van der Waals surface area (Å²) >= 11 is 0. The number of hydrogen-bond acceptors (Lipinski definition) is 3. The molecule has 102 valence electrons. The molecule has 4 atom stereocenters. The van der Waals surface area contributed by atoms with Crippen LogP contribution in [0.1, 0.15) is 33.1 Å². The summed E-state index contributed by atoms with van der Waals surface area (Å²) in [6.07, 6.45) is 3.31. The number of esters is 1. The van der Waals surface area contributed by atoms with Gasteiger partial charge in [-0.2, -0.15) is 0 Å². The summed E-state index contributed by atoms with van der Waals surface area (Å²) in [4.78, 5) is 25.9. The smallest absolute Gasteiger partial charge is 0.310 e. The highest BCUT2D eigenvalue weighted by molar-refractivity contribution is 5.81. The first kappa shape index (κ1) is 13.4. The summed E-state index contributed by atoms with van der Waals surface area (Å²) in [5.41, 5.74) is 0. The molecule has 0 radical (unpaired) electrons. The van der Waals surface area contributed by atoms with Crippen molar-refractivity contribution in [3.8, 4) is 0 Å². The quantitative estimate of drug-likeness (QED) is 0.704. The Morgan fingerprint density at radius 3 is 2.33 bits per heavy atom. The molecule has 2 rings (SSSR count). The number of rotatable bonds is 2. The van der Waals surface area contributed by atoms with E-state index in [1.54, 1.807) is 0 Å². The van der Waals surface area contributed by atoms with Gasteiger partial charge in [0.1, 0.15) is 0 Å². The van der Waals surface area contributed by atoms with Gasteiger partial charge in [-0.1, -0.05) is 20.3 Å². The number of hydrogen-bond donors (Lipinski definition) is 0. The van der Waals surface area contributed by atoms with Crippen LogP contribution in [0.3, 0.4) is 0 Å². The van der Waals surface area contributed by atoms with E-state index in [9.17, 15) is 9.59 Å². The highest BCUT2D eigenvalue weighted by Crippen LogP contribution is 2.34. The van der Waals surface area contributed by atoms with E-state index in [1.807, 2.05) is 11.8 Å². The van der Waals surface area contributed by atoms with Crippen molar-refractivity contribution >= 4 is 11.9 Å². The van der Waals surface area contributed by atoms with Gasteiger partial charge in [0.25, 0.3) is 0 Å². The van der Waals surface area contributed by atoms with Crippen LogP contribution >= 0.6 is 0 Å². The predicted octanol–water partition coefficient (Wildman–Crippen LogP) is 1.69. The molecule has 1 saturated carbocycles. The molecule has 1 heterocycles. The van der Waals surface area contributed by atoms with Crippen molar-refractivity contribution in [3.05, 3.63) is 0 Å². The third-order valence-corrected chi connectivity index (χ3v) is 4.61. The second kappa shape index (κ2) is 5.29. The molecule has 0 N–H and O–H groups in total. The first-order valence-corrected chi connectivity index (χ1v) is 6.91. The normalized spacial score (nSPS) is 35.8. The van der Waals surface area contributed by atoms with E-state index in [1.165, 1.54) is 7.11 Å². The van der Waals surface area contributed by atoms with Gasteiger partial charge in [0.05, 0.1) is 13.0 Å². The summed E-state index contributed by atoms with van der Waals surface area (Å²) in [5, 5.41) is 0. The van der Waals surface area contributed by atoms with Crippen molar-refractivity contribution in [3.63, 3.8) is 0 Å². The van der Waals surface area contributed by atoms with Crippen LogP contribution in [0.4, 0.5) is 0 Å². The summed E-state index contributed by atoms with van der Waals surface area (Å²) < 4.78 is 4.80. The molecule has 4 heteroatoms. The van der Waals surface area contributed by atoms with Crippen LogP contribution in [0.5, 0.6) is 0 Å². The largest absolute Gasteiger partial charge is 0.469 e. The summed E-state index contributed by atoms with van der Waals surface area (Å²) in [6.45, 7) is 5.41. The zero-order valence-corrected chi connectivity index (χ0v) is 11.5. The number of nitrogens with zero attached hydrogens (tertiary/aromatic N) is 1. The van der Waals surface area contributed by atoms with E-state index >= 15 is 0 Å². The van der Waals surface area contributed by atoms with Crippen molar-refractivity contribution in [2.75, 3.05) is 20.2 Å². The number of amides is 1. The number of carbonyl (C=O) groups is 2. The zero-order valence-electron chi connectivity index (χ0n) is 11.5. The molecule has 18 heavy (non-hydrogen) atoms. The van der Waals surface area contributed by atoms with Gasteiger partial charge < -0.3 is 9.64 Å². The highest BCUT2D eigenvalue weighted by atomic mass is 16.5. The lowest BCUT2D eigenvalue weighted by atomic mass is 9.97. The summed E-state index contributed by atoms with van der Waals surface area (Å²) in [5.74, 6) is 0.794. The van der Waals surface area contributed by atoms with Crippen molar-refractivity contribution in [2.45, 2.75) is 33.1 Å². The average molecular weight is 253 g/mol. The number of likely N-dealkylation sites (tertiary alicyclic amines) is 1. The van der Waals surface area contributed by atoms with Gasteiger partial charge in [-0.05, 0) is 24.7 Å². The maximum atomic E-state index is 12.4. The first-order valence-electron chi connectivity index (χ1n) is 6.91. The van der Waals surface area contributed by atoms with Gasteiger partial charge in [-0.15, -0.1) is 0 Å². The maximum Gasteiger partial charge on any atom is 0.310 e. The zero-order chi connectivity index (χ0) is 13.3. The average Bonchev–Trinajstić information content (AvgIpc) is 2.93. The molecule has 0 aromatic rings. The van der Waals surface area contributed by atoms with Crippen molar-refractivity contribution in [1.29, 1.82) is 0 Å². The van der Waals surface area contributed by atoms with E-state index in [0.29, 0.717) is 19.0 Å². The van der Waals surface area contributed by atoms with Crippen LogP contribution in [-0.2, 0) is 14.3 Å². The molecule has 0 aromatic carbocycles. The van der Waals surface area contributed by atoms with Gasteiger partial charge >= 0.3 is 5.97 Å². The highest BCUT2D eigenvalue weighted by Gasteiger charge is 2.41. The number of methoxy groups -OCH3 is 1. The van der Waals surface area contributed by atoms with E-state index in [4.69, 9.17) is 4.74 Å². The molecule has 1 saturated heterocycles. The molecule has 0 bridgehead atoms. The van der Waals surface area contributed by atoms with Crippen molar-refractivity contribution in [1.82, 2.24) is 4.90 Å². The Hall–Kier alpha value is -1.06. The van der Waals surface area contributed by atoms with Gasteiger partial charge in [-0.3, -0.25) is 9.59 Å². The molecule has 1 amide bonds. The minimum Gasteiger partial charge on any atom is -0.469 e. The molecular weight excluding hydrogens is 230 g/mol. The Morgan fingerprint density at radius 2 is 1.78 bits per heavy atom. The molecule has 1 aliphatic heterocycles. The monoisotopic (exact) mass is 253 g/mol. The lowest BCUT2D eigenvalue weighted by molar-refractivity contribution is -0.146. The van der Waals surface area contributed by atoms with E-state index < -0.39 is 0 Å². The molecule has 2 fully saturated rings. The lowest BCUT2D eigenvalue weighted by Gasteiger charge is -2.23. The molecule has 1 aliphatic carbocycles. The van der Waals surface area contributed by atoms with Crippen LogP contribution in [0.2, 0.25) is 0 Å². The Bertz CT molecular complexity index is 342. The fourth-order valence-corrected chi connectivity index (χ4v) is 3.35. The summed E-state index contributed by atoms with van der Waals surface area (Å²) in [7, 11) is 1.42. The second-order valence-electron chi connectivity index (χ2n) is 5.86. The van der Waals surface area contributed by atoms with E-state index in [0.717, 1.165) is 19.3 Å². The Kier molecular flexibility index (Phi) is 3.93. The van der Waals surface area contributed by atoms with E-state index in [2.05, 4.69) is 6.92 Å². The lowest BCUT2D eigenvalue weighted by Crippen LogP contribution is -2.36. The Morgan fingerprint density at radius 1 is 1.06 bits per heavy atom. The topological polar surface area (TPSA) is 46.6 Å². The molecule has 4 nitrogen and oxygen atoms in total. The number of carbonyl (C=O) groups excluding carboxylic acids is 2. The minimum atomic E-state index is -0.183. The third-order valence-electron chi connectivity index (χ3n) is 4.61. The molecule has 0 spiro atoms. The second-order valence-corrected chi connectivity index (χ2v) is 5.86. The van der Waals surface area contributed by atoms with Crippen LogP contribution in [0.15, 0.2) is 0 Å². The van der Waals surface area contributed by atoms with Crippen LogP contribution in [0.25, 0.3) is 0 Å². The SMILES string of the molecule is COC(=O)C1CN(C(=O)C2CCCC2C)CC1C. The molecule has 2 aliphatic rings. The van der Waals surface area contributed by atoms with Crippen LogP contribution < -0.4 is 0 Å².